The molecule has 0 saturated carbocycles. The van der Waals surface area contributed by atoms with E-state index in [0.717, 1.165) is 0 Å². The van der Waals surface area contributed by atoms with Crippen molar-refractivity contribution in [2.75, 3.05) is 13.7 Å². The topological polar surface area (TPSA) is 38.7 Å². The Hall–Kier alpha value is -0.150. The molecular weight excluding hydrogens is 154 g/mol. The van der Waals surface area contributed by atoms with E-state index in [-0.39, 0.29) is 6.61 Å². The van der Waals surface area contributed by atoms with E-state index < -0.39 is 10.9 Å². The third-order valence-electron chi connectivity index (χ3n) is 1.24. The van der Waals surface area contributed by atoms with E-state index in [4.69, 9.17) is 16.3 Å². The maximum Gasteiger partial charge on any atom is 0.134 e. The van der Waals surface area contributed by atoms with E-state index >= 15 is 0 Å². The molecule has 0 heterocycles. The molecule has 0 aromatic heterocycles. The maximum atomic E-state index is 10.1. The fraction of sp³-hybridized carbons (Fsp3) is 1.00. The minimum atomic E-state index is -0.613. The zero-order chi connectivity index (χ0) is 8.20. The molecule has 4 heteroatoms. The van der Waals surface area contributed by atoms with Crippen molar-refractivity contribution in [3.63, 3.8) is 0 Å². The first kappa shape index (κ1) is 9.85. The molecule has 1 unspecified atom stereocenters. The number of nitrogens with zero attached hydrogens (tertiary/aromatic N) is 1. The normalized spacial score (nSPS) is 14.8. The van der Waals surface area contributed by atoms with Gasteiger partial charge in [-0.1, -0.05) is 5.18 Å². The van der Waals surface area contributed by atoms with Gasteiger partial charge >= 0.3 is 0 Å². The Kier molecular flexibility index (Phi) is 3.83. The van der Waals surface area contributed by atoms with Gasteiger partial charge in [-0.3, -0.25) is 0 Å². The molecule has 0 aromatic carbocycles. The first-order valence-corrected chi connectivity index (χ1v) is 3.40. The van der Waals surface area contributed by atoms with Crippen LogP contribution in [0.5, 0.6) is 0 Å². The molecule has 0 rings (SSSR count). The molecule has 0 amide bonds. The van der Waals surface area contributed by atoms with Crippen molar-refractivity contribution in [2.24, 2.45) is 5.18 Å². The van der Waals surface area contributed by atoms with Gasteiger partial charge in [-0.25, -0.2) is 0 Å². The van der Waals surface area contributed by atoms with Crippen LogP contribution < -0.4 is 0 Å². The standard InChI is InChI=1S/C6H12ClNO2/c1-6(2,7)5(8-9)4-10-3/h5H,4H2,1-3H3. The van der Waals surface area contributed by atoms with Gasteiger partial charge in [0.15, 0.2) is 0 Å². The van der Waals surface area contributed by atoms with E-state index in [9.17, 15) is 4.91 Å². The number of rotatable bonds is 4. The Balaban J connectivity index is 3.93. The minimum Gasteiger partial charge on any atom is -0.382 e. The summed E-state index contributed by atoms with van der Waals surface area (Å²) in [7, 11) is 1.51. The zero-order valence-corrected chi connectivity index (χ0v) is 7.18. The van der Waals surface area contributed by atoms with Crippen molar-refractivity contribution in [1.29, 1.82) is 0 Å². The largest absolute Gasteiger partial charge is 0.382 e. The van der Waals surface area contributed by atoms with Gasteiger partial charge in [0.2, 0.25) is 0 Å². The summed E-state index contributed by atoms with van der Waals surface area (Å²) < 4.78 is 4.74. The third-order valence-corrected chi connectivity index (χ3v) is 1.50. The maximum absolute atomic E-state index is 10.1. The monoisotopic (exact) mass is 165 g/mol. The number of ether oxygens (including phenoxy) is 1. The number of methoxy groups -OCH3 is 1. The van der Waals surface area contributed by atoms with Crippen molar-refractivity contribution in [2.45, 2.75) is 24.8 Å². The highest BCUT2D eigenvalue weighted by Crippen LogP contribution is 2.20. The lowest BCUT2D eigenvalue weighted by molar-refractivity contribution is 0.169. The van der Waals surface area contributed by atoms with Gasteiger partial charge in [-0.2, -0.15) is 4.91 Å². The van der Waals surface area contributed by atoms with Gasteiger partial charge in [-0.15, -0.1) is 11.6 Å². The number of nitroso groups, excluding NO2 is 1. The smallest absolute Gasteiger partial charge is 0.134 e. The second-order valence-electron chi connectivity index (χ2n) is 2.64. The summed E-state index contributed by atoms with van der Waals surface area (Å²) in [6, 6.07) is -0.473. The van der Waals surface area contributed by atoms with Crippen LogP contribution in [0.4, 0.5) is 0 Å². The van der Waals surface area contributed by atoms with Gasteiger partial charge in [0.25, 0.3) is 0 Å². The molecule has 1 atom stereocenters. The van der Waals surface area contributed by atoms with Crippen molar-refractivity contribution in [3.8, 4) is 0 Å². The first-order chi connectivity index (χ1) is 4.52. The molecule has 0 saturated heterocycles. The molecule has 3 nitrogen and oxygen atoms in total. The fourth-order valence-corrected chi connectivity index (χ4v) is 0.615. The highest BCUT2D eigenvalue weighted by Gasteiger charge is 2.27. The van der Waals surface area contributed by atoms with E-state index in [0.29, 0.717) is 0 Å². The van der Waals surface area contributed by atoms with Crippen LogP contribution in [0.1, 0.15) is 13.8 Å². The lowest BCUT2D eigenvalue weighted by Crippen LogP contribution is -2.32. The number of hydrogen-bond donors (Lipinski definition) is 0. The molecule has 0 spiro atoms. The Morgan fingerprint density at radius 3 is 2.30 bits per heavy atom. The van der Waals surface area contributed by atoms with Crippen LogP contribution in [0.25, 0.3) is 0 Å². The van der Waals surface area contributed by atoms with Gasteiger partial charge in [-0.05, 0) is 13.8 Å². The van der Waals surface area contributed by atoms with Crippen molar-refractivity contribution in [3.05, 3.63) is 4.91 Å². The Labute approximate surface area is 65.7 Å². The van der Waals surface area contributed by atoms with Crippen LogP contribution in [0, 0.1) is 4.91 Å². The molecule has 0 aliphatic carbocycles. The summed E-state index contributed by atoms with van der Waals surface area (Å²) in [6.07, 6.45) is 0. The average Bonchev–Trinajstić information content (AvgIpc) is 1.80. The molecule has 0 N–H and O–H groups in total. The summed E-state index contributed by atoms with van der Waals surface area (Å²) in [5.41, 5.74) is 0. The number of hydrogen-bond acceptors (Lipinski definition) is 3. The molecule has 0 bridgehead atoms. The van der Waals surface area contributed by atoms with E-state index in [1.54, 1.807) is 13.8 Å². The molecule has 0 aliphatic rings. The van der Waals surface area contributed by atoms with Crippen LogP contribution in [0.2, 0.25) is 0 Å². The van der Waals surface area contributed by atoms with Crippen LogP contribution in [0.3, 0.4) is 0 Å². The Bertz CT molecular complexity index is 111. The second kappa shape index (κ2) is 3.88. The SMILES string of the molecule is COCC(N=O)C(C)(C)Cl. The summed E-state index contributed by atoms with van der Waals surface area (Å²) in [4.78, 5) is 9.51. The number of alkyl halides is 1. The molecular formula is C6H12ClNO2. The van der Waals surface area contributed by atoms with Crippen molar-refractivity contribution in [1.82, 2.24) is 0 Å². The summed E-state index contributed by atoms with van der Waals surface area (Å²) in [5.74, 6) is 0. The molecule has 10 heavy (non-hydrogen) atoms. The Morgan fingerprint density at radius 2 is 2.20 bits per heavy atom. The molecule has 0 aromatic rings. The van der Waals surface area contributed by atoms with Gasteiger partial charge in [0, 0.05) is 7.11 Å². The summed E-state index contributed by atoms with van der Waals surface area (Å²) >= 11 is 5.80. The van der Waals surface area contributed by atoms with Crippen LogP contribution >= 0.6 is 11.6 Å². The average molecular weight is 166 g/mol. The minimum absolute atomic E-state index is 0.278. The van der Waals surface area contributed by atoms with Crippen LogP contribution in [-0.4, -0.2) is 24.6 Å². The quantitative estimate of drug-likeness (QED) is 0.471. The molecule has 0 aliphatic heterocycles. The van der Waals surface area contributed by atoms with E-state index in [1.165, 1.54) is 7.11 Å². The zero-order valence-electron chi connectivity index (χ0n) is 6.43. The van der Waals surface area contributed by atoms with Gasteiger partial charge < -0.3 is 4.74 Å². The highest BCUT2D eigenvalue weighted by molar-refractivity contribution is 6.23. The van der Waals surface area contributed by atoms with Gasteiger partial charge in [0.05, 0.1) is 11.5 Å². The van der Waals surface area contributed by atoms with Gasteiger partial charge in [0.1, 0.15) is 6.04 Å². The lowest BCUT2D eigenvalue weighted by atomic mass is 10.1. The van der Waals surface area contributed by atoms with E-state index in [1.807, 2.05) is 0 Å². The number of halogens is 1. The first-order valence-electron chi connectivity index (χ1n) is 3.02. The van der Waals surface area contributed by atoms with Crippen molar-refractivity contribution < 1.29 is 4.74 Å². The van der Waals surface area contributed by atoms with Crippen LogP contribution in [-0.2, 0) is 4.74 Å². The summed E-state index contributed by atoms with van der Waals surface area (Å²) in [6.45, 7) is 3.75. The predicted molar refractivity (Wildman–Crippen MR) is 41.4 cm³/mol. The fourth-order valence-electron chi connectivity index (χ4n) is 0.512. The Morgan fingerprint density at radius 1 is 1.70 bits per heavy atom. The molecule has 0 fully saturated rings. The summed E-state index contributed by atoms with van der Waals surface area (Å²) in [5, 5.41) is 2.84. The molecule has 0 radical (unpaired) electrons. The van der Waals surface area contributed by atoms with E-state index in [2.05, 4.69) is 5.18 Å². The predicted octanol–water partition coefficient (Wildman–Crippen LogP) is 1.79. The highest BCUT2D eigenvalue weighted by atomic mass is 35.5. The van der Waals surface area contributed by atoms with Crippen molar-refractivity contribution >= 4 is 11.6 Å². The molecule has 60 valence electrons. The van der Waals surface area contributed by atoms with Crippen LogP contribution in [0.15, 0.2) is 5.18 Å². The second-order valence-corrected chi connectivity index (χ2v) is 3.62. The lowest BCUT2D eigenvalue weighted by Gasteiger charge is -2.20. The third kappa shape index (κ3) is 3.13.